The first-order valence-electron chi connectivity index (χ1n) is 6.44. The Morgan fingerprint density at radius 2 is 1.95 bits per heavy atom. The molecule has 1 atom stereocenters. The Kier molecular flexibility index (Phi) is 3.33. The van der Waals surface area contributed by atoms with E-state index in [1.165, 1.54) is 0 Å². The number of nitrogens with zero attached hydrogens (tertiary/aromatic N) is 3. The van der Waals surface area contributed by atoms with E-state index < -0.39 is 11.2 Å². The van der Waals surface area contributed by atoms with Gasteiger partial charge in [-0.25, -0.2) is 4.21 Å². The zero-order valence-corrected chi connectivity index (χ0v) is 11.3. The molecule has 1 amide bonds. The Labute approximate surface area is 114 Å². The molecule has 0 bridgehead atoms. The van der Waals surface area contributed by atoms with Gasteiger partial charge in [-0.2, -0.15) is 0 Å². The van der Waals surface area contributed by atoms with Gasteiger partial charge in [0.25, 0.3) is 17.1 Å². The van der Waals surface area contributed by atoms with E-state index in [1.807, 2.05) is 6.07 Å². The number of hydrogen-bond donors (Lipinski definition) is 0. The average Bonchev–Trinajstić information content (AvgIpc) is 2.64. The van der Waals surface area contributed by atoms with E-state index in [4.69, 9.17) is 0 Å². The van der Waals surface area contributed by atoms with Crippen molar-refractivity contribution in [3.8, 4) is 0 Å². The fourth-order valence-corrected chi connectivity index (χ4v) is 3.47. The molecule has 1 saturated heterocycles. The highest BCUT2D eigenvalue weighted by Crippen LogP contribution is 2.23. The van der Waals surface area contributed by atoms with Crippen molar-refractivity contribution >= 4 is 22.9 Å². The van der Waals surface area contributed by atoms with Gasteiger partial charge in [0.05, 0.1) is 0 Å². The largest absolute Gasteiger partial charge is 0.287 e. The SMILES string of the molecule is O=C(c1ccccc1)N1N=C2CCCCCN2S1=O. The van der Waals surface area contributed by atoms with Crippen LogP contribution < -0.4 is 0 Å². The van der Waals surface area contributed by atoms with E-state index in [-0.39, 0.29) is 5.91 Å². The molecule has 19 heavy (non-hydrogen) atoms. The van der Waals surface area contributed by atoms with Crippen LogP contribution in [0.25, 0.3) is 0 Å². The molecule has 1 fully saturated rings. The van der Waals surface area contributed by atoms with E-state index in [0.29, 0.717) is 12.1 Å². The standard InChI is InChI=1S/C13H15N3O2S/c17-13(11-7-3-1-4-8-11)16-14-12-9-5-2-6-10-15(12)19(16)18/h1,3-4,7-8H,2,5-6,9-10H2. The molecule has 0 spiro atoms. The van der Waals surface area contributed by atoms with Gasteiger partial charge < -0.3 is 0 Å². The predicted octanol–water partition coefficient (Wildman–Crippen LogP) is 1.91. The summed E-state index contributed by atoms with van der Waals surface area (Å²) in [7, 11) is 0. The highest BCUT2D eigenvalue weighted by atomic mass is 32.2. The van der Waals surface area contributed by atoms with Crippen LogP contribution in [0, 0.1) is 0 Å². The molecule has 1 unspecified atom stereocenters. The second kappa shape index (κ2) is 5.13. The van der Waals surface area contributed by atoms with Crippen LogP contribution in [0.15, 0.2) is 35.4 Å². The third-order valence-corrected chi connectivity index (χ3v) is 4.60. The predicted molar refractivity (Wildman–Crippen MR) is 73.4 cm³/mol. The van der Waals surface area contributed by atoms with Crippen LogP contribution in [0.2, 0.25) is 0 Å². The maximum atomic E-state index is 12.3. The fourth-order valence-electron chi connectivity index (χ4n) is 2.28. The number of benzene rings is 1. The van der Waals surface area contributed by atoms with E-state index in [1.54, 1.807) is 28.6 Å². The molecule has 1 aromatic rings. The first-order valence-corrected chi connectivity index (χ1v) is 7.50. The summed E-state index contributed by atoms with van der Waals surface area (Å²) in [4.78, 5) is 12.3. The highest BCUT2D eigenvalue weighted by Gasteiger charge is 2.36. The number of rotatable bonds is 1. The minimum Gasteiger partial charge on any atom is -0.266 e. The lowest BCUT2D eigenvalue weighted by Crippen LogP contribution is -2.34. The molecule has 5 nitrogen and oxygen atoms in total. The maximum Gasteiger partial charge on any atom is 0.287 e. The zero-order valence-electron chi connectivity index (χ0n) is 10.5. The van der Waals surface area contributed by atoms with Gasteiger partial charge in [-0.05, 0) is 25.0 Å². The van der Waals surface area contributed by atoms with Gasteiger partial charge >= 0.3 is 0 Å². The number of hydrazone groups is 1. The van der Waals surface area contributed by atoms with Gasteiger partial charge in [0.15, 0.2) is 0 Å². The molecule has 1 aromatic carbocycles. The molecule has 2 aliphatic rings. The molecule has 0 saturated carbocycles. The first-order chi connectivity index (χ1) is 9.27. The number of amidine groups is 1. The van der Waals surface area contributed by atoms with Crippen molar-refractivity contribution in [1.29, 1.82) is 0 Å². The van der Waals surface area contributed by atoms with Crippen LogP contribution in [-0.2, 0) is 11.2 Å². The Balaban J connectivity index is 1.86. The van der Waals surface area contributed by atoms with Crippen molar-refractivity contribution in [2.75, 3.05) is 6.54 Å². The minimum atomic E-state index is -1.51. The zero-order chi connectivity index (χ0) is 13.2. The average molecular weight is 277 g/mol. The monoisotopic (exact) mass is 277 g/mol. The summed E-state index contributed by atoms with van der Waals surface area (Å²) in [5, 5.41) is 4.25. The molecule has 2 aliphatic heterocycles. The van der Waals surface area contributed by atoms with Gasteiger partial charge in [-0.15, -0.1) is 9.52 Å². The highest BCUT2D eigenvalue weighted by molar-refractivity contribution is 7.81. The number of carbonyl (C=O) groups excluding carboxylic acids is 1. The van der Waals surface area contributed by atoms with Crippen LogP contribution in [-0.4, -0.2) is 31.2 Å². The van der Waals surface area contributed by atoms with Crippen molar-refractivity contribution in [2.24, 2.45) is 5.10 Å². The van der Waals surface area contributed by atoms with Crippen LogP contribution in [0.5, 0.6) is 0 Å². The van der Waals surface area contributed by atoms with Crippen LogP contribution in [0.3, 0.4) is 0 Å². The molecule has 100 valence electrons. The van der Waals surface area contributed by atoms with Crippen molar-refractivity contribution in [3.63, 3.8) is 0 Å². The molecular weight excluding hydrogens is 262 g/mol. The third-order valence-electron chi connectivity index (χ3n) is 3.29. The lowest BCUT2D eigenvalue weighted by Gasteiger charge is -2.16. The summed E-state index contributed by atoms with van der Waals surface area (Å²) >= 11 is -1.51. The Morgan fingerprint density at radius 3 is 2.74 bits per heavy atom. The van der Waals surface area contributed by atoms with Crippen molar-refractivity contribution in [1.82, 2.24) is 8.72 Å². The van der Waals surface area contributed by atoms with Crippen LogP contribution in [0.4, 0.5) is 0 Å². The summed E-state index contributed by atoms with van der Waals surface area (Å²) in [5.74, 6) is 0.472. The quantitative estimate of drug-likeness (QED) is 0.787. The van der Waals surface area contributed by atoms with E-state index in [2.05, 4.69) is 5.10 Å². The summed E-state index contributed by atoms with van der Waals surface area (Å²) < 4.78 is 15.2. The van der Waals surface area contributed by atoms with Gasteiger partial charge in [0.1, 0.15) is 5.84 Å². The van der Waals surface area contributed by atoms with Gasteiger partial charge in [-0.1, -0.05) is 24.6 Å². The summed E-state index contributed by atoms with van der Waals surface area (Å²) in [5.41, 5.74) is 0.512. The molecule has 0 N–H and O–H groups in total. The Morgan fingerprint density at radius 1 is 1.16 bits per heavy atom. The normalized spacial score (nSPS) is 22.7. The molecule has 6 heteroatoms. The van der Waals surface area contributed by atoms with Crippen LogP contribution >= 0.6 is 0 Å². The number of fused-ring (bicyclic) bond motifs is 1. The molecule has 0 aromatic heterocycles. The smallest absolute Gasteiger partial charge is 0.266 e. The van der Waals surface area contributed by atoms with E-state index in [9.17, 15) is 9.00 Å². The minimum absolute atomic E-state index is 0.306. The molecule has 0 radical (unpaired) electrons. The summed E-state index contributed by atoms with van der Waals surface area (Å²) in [6.07, 6.45) is 3.96. The first kappa shape index (κ1) is 12.3. The van der Waals surface area contributed by atoms with Gasteiger partial charge in [-0.3, -0.25) is 9.10 Å². The Bertz CT molecular complexity index is 544. The Hall–Kier alpha value is -1.69. The van der Waals surface area contributed by atoms with E-state index >= 15 is 0 Å². The lowest BCUT2D eigenvalue weighted by molar-refractivity contribution is 0.0871. The lowest BCUT2D eigenvalue weighted by atomic mass is 10.2. The topological polar surface area (TPSA) is 53.0 Å². The van der Waals surface area contributed by atoms with Gasteiger partial charge in [0.2, 0.25) is 0 Å². The van der Waals surface area contributed by atoms with Gasteiger partial charge in [0, 0.05) is 18.5 Å². The fraction of sp³-hybridized carbons (Fsp3) is 0.385. The second-order valence-corrected chi connectivity index (χ2v) is 5.85. The molecule has 2 heterocycles. The van der Waals surface area contributed by atoms with E-state index in [0.717, 1.165) is 35.9 Å². The molecule has 0 aliphatic carbocycles. The number of carbonyl (C=O) groups is 1. The second-order valence-electron chi connectivity index (χ2n) is 4.60. The summed E-state index contributed by atoms with van der Waals surface area (Å²) in [6, 6.07) is 8.85. The molecule has 3 rings (SSSR count). The van der Waals surface area contributed by atoms with Crippen molar-refractivity contribution < 1.29 is 9.00 Å². The van der Waals surface area contributed by atoms with Crippen LogP contribution in [0.1, 0.15) is 36.0 Å². The molecular formula is C13H15N3O2S. The third kappa shape index (κ3) is 2.28. The van der Waals surface area contributed by atoms with Crippen molar-refractivity contribution in [2.45, 2.75) is 25.7 Å². The maximum absolute atomic E-state index is 12.3. The number of hydrogen-bond acceptors (Lipinski definition) is 3. The van der Waals surface area contributed by atoms with Crippen molar-refractivity contribution in [3.05, 3.63) is 35.9 Å². The number of amides is 1. The summed E-state index contributed by atoms with van der Waals surface area (Å²) in [6.45, 7) is 0.712.